The molecule has 0 aliphatic heterocycles. The van der Waals surface area contributed by atoms with Gasteiger partial charge in [0.05, 0.1) is 17.3 Å². The normalized spacial score (nSPS) is 11.8. The Morgan fingerprint density at radius 1 is 0.622 bits per heavy atom. The molecule has 37 heavy (non-hydrogen) atoms. The van der Waals surface area contributed by atoms with E-state index >= 15 is 0 Å². The maximum atomic E-state index is 5.93. The number of furan rings is 1. The first-order valence-electron chi connectivity index (χ1n) is 12.4. The second kappa shape index (κ2) is 7.70. The van der Waals surface area contributed by atoms with Crippen molar-refractivity contribution in [1.29, 1.82) is 0 Å². The van der Waals surface area contributed by atoms with Crippen LogP contribution in [0.3, 0.4) is 0 Å². The molecule has 0 N–H and O–H groups in total. The summed E-state index contributed by atoms with van der Waals surface area (Å²) in [6.07, 6.45) is 3.94. The molecule has 4 nitrogen and oxygen atoms in total. The van der Waals surface area contributed by atoms with Crippen molar-refractivity contribution >= 4 is 43.8 Å². The van der Waals surface area contributed by atoms with E-state index in [0.717, 1.165) is 55.7 Å². The van der Waals surface area contributed by atoms with Crippen LogP contribution in [0.4, 0.5) is 0 Å². The number of para-hydroxylation sites is 2. The predicted molar refractivity (Wildman–Crippen MR) is 151 cm³/mol. The molecule has 4 aromatic carbocycles. The Morgan fingerprint density at radius 2 is 1.43 bits per heavy atom. The van der Waals surface area contributed by atoms with E-state index in [1.165, 1.54) is 10.8 Å². The van der Waals surface area contributed by atoms with Crippen LogP contribution in [0.15, 0.2) is 132 Å². The summed E-state index contributed by atoms with van der Waals surface area (Å²) in [7, 11) is 0. The molecule has 0 unspecified atom stereocenters. The molecular formula is C33H21N3O. The van der Waals surface area contributed by atoms with E-state index in [2.05, 4.69) is 125 Å². The molecule has 0 saturated heterocycles. The zero-order valence-corrected chi connectivity index (χ0v) is 19.9. The number of hydrogen-bond acceptors (Lipinski definition) is 2. The van der Waals surface area contributed by atoms with E-state index in [0.29, 0.717) is 0 Å². The van der Waals surface area contributed by atoms with Gasteiger partial charge in [0, 0.05) is 33.6 Å². The molecule has 0 fully saturated rings. The monoisotopic (exact) mass is 475 g/mol. The second-order valence-electron chi connectivity index (χ2n) is 9.33. The molecule has 174 valence electrons. The van der Waals surface area contributed by atoms with Gasteiger partial charge in [-0.25, -0.2) is 4.98 Å². The molecule has 8 rings (SSSR count). The van der Waals surface area contributed by atoms with Crippen molar-refractivity contribution in [3.8, 4) is 22.6 Å². The molecule has 0 bridgehead atoms. The fourth-order valence-electron chi connectivity index (χ4n) is 5.51. The molecule has 0 aliphatic rings. The first-order valence-corrected chi connectivity index (χ1v) is 12.4. The third kappa shape index (κ3) is 2.99. The van der Waals surface area contributed by atoms with Crippen molar-refractivity contribution in [2.75, 3.05) is 0 Å². The largest absolute Gasteiger partial charge is 0.464 e. The van der Waals surface area contributed by atoms with Crippen molar-refractivity contribution in [2.45, 2.75) is 0 Å². The molecule has 0 saturated carbocycles. The summed E-state index contributed by atoms with van der Waals surface area (Å²) in [5.41, 5.74) is 7.36. The summed E-state index contributed by atoms with van der Waals surface area (Å²) in [4.78, 5) is 5.23. The number of rotatable bonds is 3. The van der Waals surface area contributed by atoms with E-state index in [-0.39, 0.29) is 0 Å². The van der Waals surface area contributed by atoms with E-state index in [4.69, 9.17) is 9.40 Å². The third-order valence-corrected chi connectivity index (χ3v) is 7.25. The molecule has 4 heteroatoms. The maximum Gasteiger partial charge on any atom is 0.148 e. The summed E-state index contributed by atoms with van der Waals surface area (Å²) in [5, 5.41) is 4.60. The average molecular weight is 476 g/mol. The molecule has 0 amide bonds. The standard InChI is InChI=1S/C33H21N3O/c1-2-8-22(9-3-1)28-21-37-31-16-14-24(20-27(28)31)36-30-13-7-5-11-25(30)26-15-17-32(34-33(26)36)35-19-18-23-10-4-6-12-29(23)35/h1-21H. The number of hydrogen-bond donors (Lipinski definition) is 0. The number of pyridine rings is 1. The quantitative estimate of drug-likeness (QED) is 0.257. The van der Waals surface area contributed by atoms with Gasteiger partial charge in [0.2, 0.25) is 0 Å². The smallest absolute Gasteiger partial charge is 0.148 e. The van der Waals surface area contributed by atoms with Gasteiger partial charge in [-0.05, 0) is 59.5 Å². The van der Waals surface area contributed by atoms with Crippen LogP contribution in [0, 0.1) is 0 Å². The zero-order valence-electron chi connectivity index (χ0n) is 19.9. The van der Waals surface area contributed by atoms with Gasteiger partial charge in [0.1, 0.15) is 17.0 Å². The highest BCUT2D eigenvalue weighted by atomic mass is 16.3. The van der Waals surface area contributed by atoms with E-state index in [1.807, 2.05) is 12.3 Å². The van der Waals surface area contributed by atoms with Crippen LogP contribution < -0.4 is 0 Å². The highest BCUT2D eigenvalue weighted by Crippen LogP contribution is 2.36. The number of nitrogens with zero attached hydrogens (tertiary/aromatic N) is 3. The summed E-state index contributed by atoms with van der Waals surface area (Å²) < 4.78 is 10.4. The lowest BCUT2D eigenvalue weighted by molar-refractivity contribution is 0.617. The summed E-state index contributed by atoms with van der Waals surface area (Å²) in [6, 6.07) is 40.1. The Hall–Kier alpha value is -5.09. The van der Waals surface area contributed by atoms with Gasteiger partial charge in [-0.2, -0.15) is 0 Å². The van der Waals surface area contributed by atoms with Crippen LogP contribution in [0.2, 0.25) is 0 Å². The fourth-order valence-corrected chi connectivity index (χ4v) is 5.51. The lowest BCUT2D eigenvalue weighted by Gasteiger charge is -2.10. The summed E-state index contributed by atoms with van der Waals surface area (Å²) in [6.45, 7) is 0. The van der Waals surface area contributed by atoms with Crippen molar-refractivity contribution in [1.82, 2.24) is 14.1 Å². The van der Waals surface area contributed by atoms with Crippen LogP contribution in [0.25, 0.3) is 66.4 Å². The Labute approximate surface area is 212 Å². The first-order chi connectivity index (χ1) is 18.3. The van der Waals surface area contributed by atoms with Crippen molar-refractivity contribution < 1.29 is 4.42 Å². The lowest BCUT2D eigenvalue weighted by Crippen LogP contribution is -2.00. The Balaban J connectivity index is 1.40. The molecule has 0 spiro atoms. The minimum Gasteiger partial charge on any atom is -0.464 e. The van der Waals surface area contributed by atoms with Gasteiger partial charge in [-0.15, -0.1) is 0 Å². The Kier molecular flexibility index (Phi) is 4.19. The minimum atomic E-state index is 0.871. The molecule has 0 radical (unpaired) electrons. The van der Waals surface area contributed by atoms with Crippen LogP contribution in [0.5, 0.6) is 0 Å². The predicted octanol–water partition coefficient (Wildman–Crippen LogP) is 8.54. The third-order valence-electron chi connectivity index (χ3n) is 7.25. The topological polar surface area (TPSA) is 35.9 Å². The van der Waals surface area contributed by atoms with E-state index in [9.17, 15) is 0 Å². The van der Waals surface area contributed by atoms with Gasteiger partial charge in [0.15, 0.2) is 0 Å². The van der Waals surface area contributed by atoms with Gasteiger partial charge < -0.3 is 8.98 Å². The maximum absolute atomic E-state index is 5.93. The minimum absolute atomic E-state index is 0.871. The van der Waals surface area contributed by atoms with Crippen LogP contribution in [0.1, 0.15) is 0 Å². The molecule has 0 atom stereocenters. The van der Waals surface area contributed by atoms with Gasteiger partial charge in [-0.1, -0.05) is 66.7 Å². The number of fused-ring (bicyclic) bond motifs is 5. The molecule has 4 aromatic heterocycles. The van der Waals surface area contributed by atoms with Crippen molar-refractivity contribution in [2.24, 2.45) is 0 Å². The van der Waals surface area contributed by atoms with Gasteiger partial charge in [0.25, 0.3) is 0 Å². The van der Waals surface area contributed by atoms with Crippen LogP contribution in [-0.4, -0.2) is 14.1 Å². The van der Waals surface area contributed by atoms with Gasteiger partial charge in [-0.3, -0.25) is 4.57 Å². The zero-order chi connectivity index (χ0) is 24.3. The lowest BCUT2D eigenvalue weighted by atomic mass is 10.0. The van der Waals surface area contributed by atoms with Crippen LogP contribution >= 0.6 is 0 Å². The first kappa shape index (κ1) is 20.1. The second-order valence-corrected chi connectivity index (χ2v) is 9.33. The van der Waals surface area contributed by atoms with Crippen molar-refractivity contribution in [3.05, 3.63) is 128 Å². The highest BCUT2D eigenvalue weighted by molar-refractivity contribution is 6.08. The number of aromatic nitrogens is 3. The Morgan fingerprint density at radius 3 is 2.35 bits per heavy atom. The highest BCUT2D eigenvalue weighted by Gasteiger charge is 2.17. The summed E-state index contributed by atoms with van der Waals surface area (Å²) >= 11 is 0. The SMILES string of the molecule is c1ccc(-c2coc3ccc(-n4c5ccccc5c5ccc(-n6ccc7ccccc76)nc54)cc23)cc1. The van der Waals surface area contributed by atoms with E-state index < -0.39 is 0 Å². The number of benzene rings is 4. The summed E-state index contributed by atoms with van der Waals surface area (Å²) in [5.74, 6) is 0.895. The fraction of sp³-hybridized carbons (Fsp3) is 0. The van der Waals surface area contributed by atoms with Crippen molar-refractivity contribution in [3.63, 3.8) is 0 Å². The van der Waals surface area contributed by atoms with Crippen LogP contribution in [-0.2, 0) is 0 Å². The molecule has 8 aromatic rings. The van der Waals surface area contributed by atoms with Gasteiger partial charge >= 0.3 is 0 Å². The molecular weight excluding hydrogens is 454 g/mol. The molecule has 4 heterocycles. The average Bonchev–Trinajstić information content (AvgIpc) is 3.66. The molecule has 0 aliphatic carbocycles. The Bertz CT molecular complexity index is 2090. The van der Waals surface area contributed by atoms with E-state index in [1.54, 1.807) is 0 Å².